The molecular formula is C13H17N3OS. The van der Waals surface area contributed by atoms with Crippen molar-refractivity contribution >= 4 is 21.8 Å². The van der Waals surface area contributed by atoms with Crippen LogP contribution < -0.4 is 5.32 Å². The molecule has 0 unspecified atom stereocenters. The predicted octanol–water partition coefficient (Wildman–Crippen LogP) is 1.56. The van der Waals surface area contributed by atoms with Gasteiger partial charge in [0.1, 0.15) is 5.65 Å². The van der Waals surface area contributed by atoms with E-state index in [1.807, 2.05) is 12.3 Å². The number of hydrogen-bond donors (Lipinski definition) is 2. The number of fused-ring (bicyclic) bond motifs is 1. The molecule has 0 amide bonds. The molecule has 5 heteroatoms. The van der Waals surface area contributed by atoms with Crippen molar-refractivity contribution in [3.05, 3.63) is 30.1 Å². The molecule has 4 nitrogen and oxygen atoms in total. The number of pyridine rings is 1. The summed E-state index contributed by atoms with van der Waals surface area (Å²) in [5.41, 5.74) is 2.20. The second-order valence-corrected chi connectivity index (χ2v) is 6.41. The molecule has 3 heterocycles. The van der Waals surface area contributed by atoms with Crippen molar-refractivity contribution in [2.75, 3.05) is 11.5 Å². The minimum absolute atomic E-state index is 0.504. The van der Waals surface area contributed by atoms with Crippen molar-refractivity contribution in [1.82, 2.24) is 15.3 Å². The first kappa shape index (κ1) is 11.9. The third-order valence-corrected chi connectivity index (χ3v) is 4.89. The zero-order valence-corrected chi connectivity index (χ0v) is 11.0. The average molecular weight is 263 g/mol. The highest BCUT2D eigenvalue weighted by Crippen LogP contribution is 2.16. The van der Waals surface area contributed by atoms with Gasteiger partial charge in [0.05, 0.1) is 0 Å². The molecule has 2 aromatic heterocycles. The summed E-state index contributed by atoms with van der Waals surface area (Å²) >= 11 is 0. The lowest BCUT2D eigenvalue weighted by Crippen LogP contribution is -2.35. The van der Waals surface area contributed by atoms with E-state index in [9.17, 15) is 4.21 Å². The fraction of sp³-hybridized carbons (Fsp3) is 0.462. The molecule has 1 fully saturated rings. The number of nitrogens with one attached hydrogen (secondary N) is 2. The van der Waals surface area contributed by atoms with E-state index in [0.29, 0.717) is 6.04 Å². The van der Waals surface area contributed by atoms with Crippen molar-refractivity contribution in [3.8, 4) is 0 Å². The standard InChI is InChI=1S/C13H17N3OS/c17-18-6-3-11(4-7-18)15-8-10-9-16-13-12(10)2-1-5-14-13/h1-2,5,9,11,15H,3-4,6-8H2,(H,14,16). The minimum atomic E-state index is -0.580. The minimum Gasteiger partial charge on any atom is -0.346 e. The summed E-state index contributed by atoms with van der Waals surface area (Å²) < 4.78 is 11.3. The third kappa shape index (κ3) is 2.47. The van der Waals surface area contributed by atoms with Crippen molar-refractivity contribution < 1.29 is 4.21 Å². The SMILES string of the molecule is O=S1CCC(NCc2c[nH]c3ncccc23)CC1. The summed E-state index contributed by atoms with van der Waals surface area (Å²) in [4.78, 5) is 7.47. The van der Waals surface area contributed by atoms with E-state index in [4.69, 9.17) is 0 Å². The number of hydrogen-bond acceptors (Lipinski definition) is 3. The van der Waals surface area contributed by atoms with E-state index in [-0.39, 0.29) is 0 Å². The second kappa shape index (κ2) is 5.20. The summed E-state index contributed by atoms with van der Waals surface area (Å²) in [5, 5.41) is 4.74. The molecule has 0 spiro atoms. The summed E-state index contributed by atoms with van der Waals surface area (Å²) in [6, 6.07) is 4.55. The molecule has 1 saturated heterocycles. The first-order chi connectivity index (χ1) is 8.83. The van der Waals surface area contributed by atoms with E-state index < -0.39 is 10.8 Å². The van der Waals surface area contributed by atoms with E-state index in [2.05, 4.69) is 21.4 Å². The molecule has 1 aliphatic rings. The quantitative estimate of drug-likeness (QED) is 0.883. The molecular weight excluding hydrogens is 246 g/mol. The summed E-state index contributed by atoms with van der Waals surface area (Å²) in [7, 11) is -0.580. The van der Waals surface area contributed by atoms with Gasteiger partial charge >= 0.3 is 0 Å². The molecule has 0 bridgehead atoms. The predicted molar refractivity (Wildman–Crippen MR) is 73.8 cm³/mol. The highest BCUT2D eigenvalue weighted by Gasteiger charge is 2.17. The lowest BCUT2D eigenvalue weighted by molar-refractivity contribution is 0.476. The van der Waals surface area contributed by atoms with Gasteiger partial charge in [0.25, 0.3) is 0 Å². The van der Waals surface area contributed by atoms with Crippen molar-refractivity contribution in [1.29, 1.82) is 0 Å². The summed E-state index contributed by atoms with van der Waals surface area (Å²) in [5.74, 6) is 1.68. The first-order valence-corrected chi connectivity index (χ1v) is 7.81. The molecule has 2 N–H and O–H groups in total. The van der Waals surface area contributed by atoms with Crippen molar-refractivity contribution in [3.63, 3.8) is 0 Å². The van der Waals surface area contributed by atoms with Crippen molar-refractivity contribution in [2.24, 2.45) is 0 Å². The molecule has 18 heavy (non-hydrogen) atoms. The monoisotopic (exact) mass is 263 g/mol. The maximum atomic E-state index is 11.3. The number of nitrogens with zero attached hydrogens (tertiary/aromatic N) is 1. The lowest BCUT2D eigenvalue weighted by atomic mass is 10.1. The highest BCUT2D eigenvalue weighted by molar-refractivity contribution is 7.85. The van der Waals surface area contributed by atoms with Crippen molar-refractivity contribution in [2.45, 2.75) is 25.4 Å². The molecule has 96 valence electrons. The molecule has 1 aliphatic heterocycles. The van der Waals surface area contributed by atoms with Gasteiger partial charge in [-0.3, -0.25) is 4.21 Å². The average Bonchev–Trinajstić information content (AvgIpc) is 2.82. The highest BCUT2D eigenvalue weighted by atomic mass is 32.2. The van der Waals surface area contributed by atoms with Crippen LogP contribution in [-0.4, -0.2) is 31.7 Å². The van der Waals surface area contributed by atoms with E-state index in [1.165, 1.54) is 10.9 Å². The topological polar surface area (TPSA) is 57.8 Å². The lowest BCUT2D eigenvalue weighted by Gasteiger charge is -2.22. The normalized spacial score (nSPS) is 24.4. The Balaban J connectivity index is 1.64. The van der Waals surface area contributed by atoms with Crippen LogP contribution in [-0.2, 0) is 17.3 Å². The Morgan fingerprint density at radius 3 is 3.11 bits per heavy atom. The van der Waals surface area contributed by atoms with Crippen LogP contribution in [0.3, 0.4) is 0 Å². The third-order valence-electron chi connectivity index (χ3n) is 3.51. The Labute approximate surface area is 109 Å². The summed E-state index contributed by atoms with van der Waals surface area (Å²) in [6.07, 6.45) is 5.86. The smallest absolute Gasteiger partial charge is 0.137 e. The van der Waals surface area contributed by atoms with Gasteiger partial charge in [-0.05, 0) is 30.5 Å². The van der Waals surface area contributed by atoms with E-state index >= 15 is 0 Å². The zero-order valence-electron chi connectivity index (χ0n) is 10.2. The van der Waals surface area contributed by atoms with Gasteiger partial charge in [0, 0.05) is 52.7 Å². The Bertz CT molecular complexity index is 556. The van der Waals surface area contributed by atoms with Crippen LogP contribution in [0.4, 0.5) is 0 Å². The molecule has 2 aromatic rings. The zero-order chi connectivity index (χ0) is 12.4. The van der Waals surface area contributed by atoms with Crippen LogP contribution in [0.25, 0.3) is 11.0 Å². The number of H-pyrrole nitrogens is 1. The first-order valence-electron chi connectivity index (χ1n) is 6.32. The Hall–Kier alpha value is -1.20. The Morgan fingerprint density at radius 2 is 2.28 bits per heavy atom. The van der Waals surface area contributed by atoms with Gasteiger partial charge in [-0.2, -0.15) is 0 Å². The molecule has 0 aromatic carbocycles. The van der Waals surface area contributed by atoms with Crippen LogP contribution in [0.2, 0.25) is 0 Å². The van der Waals surface area contributed by atoms with Crippen LogP contribution in [0.15, 0.2) is 24.5 Å². The fourth-order valence-electron chi connectivity index (χ4n) is 2.41. The largest absolute Gasteiger partial charge is 0.346 e. The van der Waals surface area contributed by atoms with Crippen LogP contribution in [0.5, 0.6) is 0 Å². The van der Waals surface area contributed by atoms with Gasteiger partial charge in [-0.1, -0.05) is 0 Å². The maximum Gasteiger partial charge on any atom is 0.137 e. The van der Waals surface area contributed by atoms with Crippen LogP contribution in [0.1, 0.15) is 18.4 Å². The Morgan fingerprint density at radius 1 is 1.44 bits per heavy atom. The van der Waals surface area contributed by atoms with Gasteiger partial charge in [-0.25, -0.2) is 4.98 Å². The molecule has 0 atom stereocenters. The maximum absolute atomic E-state index is 11.3. The van der Waals surface area contributed by atoms with Gasteiger partial charge in [0.15, 0.2) is 0 Å². The van der Waals surface area contributed by atoms with Gasteiger partial charge < -0.3 is 10.3 Å². The fourth-order valence-corrected chi connectivity index (χ4v) is 3.71. The number of rotatable bonds is 3. The van der Waals surface area contributed by atoms with Crippen LogP contribution >= 0.6 is 0 Å². The molecule has 0 radical (unpaired) electrons. The summed E-state index contributed by atoms with van der Waals surface area (Å²) in [6.45, 7) is 0.850. The molecule has 0 aliphatic carbocycles. The van der Waals surface area contributed by atoms with Gasteiger partial charge in [-0.15, -0.1) is 0 Å². The van der Waals surface area contributed by atoms with Crippen LogP contribution in [0, 0.1) is 0 Å². The molecule has 0 saturated carbocycles. The van der Waals surface area contributed by atoms with E-state index in [0.717, 1.165) is 36.5 Å². The van der Waals surface area contributed by atoms with Gasteiger partial charge in [0.2, 0.25) is 0 Å². The Kier molecular flexibility index (Phi) is 3.43. The van der Waals surface area contributed by atoms with E-state index in [1.54, 1.807) is 6.20 Å². The number of aromatic amines is 1. The number of aromatic nitrogens is 2. The second-order valence-electron chi connectivity index (χ2n) is 4.72. The molecule has 3 rings (SSSR count).